The Morgan fingerprint density at radius 2 is 1.90 bits per heavy atom. The molecule has 2 N–H and O–H groups in total. The Morgan fingerprint density at radius 3 is 2.65 bits per heavy atom. The van der Waals surface area contributed by atoms with Crippen LogP contribution in [0, 0.1) is 0 Å². The monoisotopic (exact) mass is 456 g/mol. The van der Waals surface area contributed by atoms with E-state index in [0.29, 0.717) is 16.4 Å². The number of aromatic hydroxyl groups is 1. The van der Waals surface area contributed by atoms with E-state index in [1.54, 1.807) is 6.07 Å². The van der Waals surface area contributed by atoms with E-state index in [-0.39, 0.29) is 18.1 Å². The van der Waals surface area contributed by atoms with Gasteiger partial charge >= 0.3 is 0 Å². The molecule has 1 fully saturated rings. The maximum absolute atomic E-state index is 12.3. The predicted molar refractivity (Wildman–Crippen MR) is 126 cm³/mol. The van der Waals surface area contributed by atoms with Crippen LogP contribution in [0.3, 0.4) is 0 Å². The number of anilines is 1. The minimum absolute atomic E-state index is 0.0200. The number of nitrogens with zero attached hydrogens (tertiary/aromatic N) is 3. The predicted octanol–water partition coefficient (Wildman–Crippen LogP) is 4.10. The molecule has 2 aromatic carbocycles. The summed E-state index contributed by atoms with van der Waals surface area (Å²) in [7, 11) is 2.17. The van der Waals surface area contributed by atoms with Gasteiger partial charge in [0.25, 0.3) is 0 Å². The summed E-state index contributed by atoms with van der Waals surface area (Å²) in [5.74, 6) is -0.273. The van der Waals surface area contributed by atoms with Gasteiger partial charge in [-0.15, -0.1) is 11.3 Å². The molecule has 2 heterocycles. The Balaban J connectivity index is 1.34. The van der Waals surface area contributed by atoms with Crippen LogP contribution >= 0.6 is 22.9 Å². The average Bonchev–Trinajstić information content (AvgIpc) is 3.21. The second-order valence-corrected chi connectivity index (χ2v) is 9.10. The molecule has 1 amide bonds. The highest BCUT2D eigenvalue weighted by atomic mass is 35.5. The van der Waals surface area contributed by atoms with E-state index >= 15 is 0 Å². The molecule has 0 atom stereocenters. The average molecular weight is 457 g/mol. The van der Waals surface area contributed by atoms with Crippen molar-refractivity contribution in [2.75, 3.05) is 38.5 Å². The number of carbonyl (C=O) groups is 1. The third kappa shape index (κ3) is 5.83. The van der Waals surface area contributed by atoms with E-state index in [2.05, 4.69) is 51.4 Å². The number of hydrogen-bond donors (Lipinski definition) is 2. The van der Waals surface area contributed by atoms with Gasteiger partial charge in [-0.1, -0.05) is 35.9 Å². The molecule has 0 bridgehead atoms. The molecule has 3 aromatic rings. The van der Waals surface area contributed by atoms with E-state index in [1.165, 1.54) is 29.0 Å². The number of amides is 1. The van der Waals surface area contributed by atoms with Gasteiger partial charge in [-0.3, -0.25) is 9.69 Å². The van der Waals surface area contributed by atoms with Gasteiger partial charge in [0.2, 0.25) is 5.91 Å². The highest BCUT2D eigenvalue weighted by Crippen LogP contribution is 2.28. The minimum atomic E-state index is -0.253. The van der Waals surface area contributed by atoms with Gasteiger partial charge in [0.1, 0.15) is 10.8 Å². The van der Waals surface area contributed by atoms with Crippen LogP contribution in [-0.4, -0.2) is 59.0 Å². The van der Waals surface area contributed by atoms with Crippen molar-refractivity contribution in [2.24, 2.45) is 0 Å². The van der Waals surface area contributed by atoms with Crippen molar-refractivity contribution in [1.82, 2.24) is 14.8 Å². The third-order valence-corrected chi connectivity index (χ3v) is 6.50. The van der Waals surface area contributed by atoms with Crippen molar-refractivity contribution in [3.8, 4) is 16.3 Å². The molecule has 0 aliphatic carbocycles. The molecule has 8 heteroatoms. The van der Waals surface area contributed by atoms with E-state index in [0.717, 1.165) is 43.3 Å². The summed E-state index contributed by atoms with van der Waals surface area (Å²) in [6, 6.07) is 13.0. The summed E-state index contributed by atoms with van der Waals surface area (Å²) in [5.41, 5.74) is 3.33. The first-order valence-electron chi connectivity index (χ1n) is 10.2. The van der Waals surface area contributed by atoms with Crippen LogP contribution in [0.5, 0.6) is 5.75 Å². The first kappa shape index (κ1) is 21.8. The molecule has 0 spiro atoms. The van der Waals surface area contributed by atoms with Crippen LogP contribution < -0.4 is 5.32 Å². The lowest BCUT2D eigenvalue weighted by atomic mass is 10.1. The van der Waals surface area contributed by atoms with Crippen molar-refractivity contribution >= 4 is 34.5 Å². The van der Waals surface area contributed by atoms with E-state index in [1.807, 2.05) is 5.38 Å². The Morgan fingerprint density at radius 1 is 1.16 bits per heavy atom. The molecule has 1 aliphatic rings. The molecular weight excluding hydrogens is 432 g/mol. The number of aromatic nitrogens is 1. The number of phenols is 1. The largest absolute Gasteiger partial charge is 0.506 e. The maximum atomic E-state index is 12.3. The molecule has 6 nitrogen and oxygen atoms in total. The Kier molecular flexibility index (Phi) is 6.87. The fraction of sp³-hybridized carbons (Fsp3) is 0.304. The fourth-order valence-electron chi connectivity index (χ4n) is 3.50. The van der Waals surface area contributed by atoms with Gasteiger partial charge in [0, 0.05) is 48.7 Å². The summed E-state index contributed by atoms with van der Waals surface area (Å²) in [6.07, 6.45) is 0.129. The lowest BCUT2D eigenvalue weighted by Crippen LogP contribution is -2.43. The number of nitrogens with one attached hydrogen (secondary N) is 1. The van der Waals surface area contributed by atoms with Crippen LogP contribution in [0.25, 0.3) is 10.6 Å². The van der Waals surface area contributed by atoms with Crippen molar-refractivity contribution in [3.63, 3.8) is 0 Å². The van der Waals surface area contributed by atoms with E-state index in [9.17, 15) is 9.90 Å². The Labute approximate surface area is 191 Å². The summed E-state index contributed by atoms with van der Waals surface area (Å²) < 4.78 is 0. The number of thiazole rings is 1. The van der Waals surface area contributed by atoms with Crippen LogP contribution in [-0.2, 0) is 17.8 Å². The van der Waals surface area contributed by atoms with Crippen LogP contribution in [0.4, 0.5) is 5.69 Å². The number of benzene rings is 2. The molecule has 0 unspecified atom stereocenters. The molecular formula is C23H25ClN4O2S. The number of piperazine rings is 1. The number of hydrogen-bond acceptors (Lipinski definition) is 6. The molecule has 31 heavy (non-hydrogen) atoms. The van der Waals surface area contributed by atoms with Crippen molar-refractivity contribution in [3.05, 3.63) is 64.1 Å². The molecule has 0 radical (unpaired) electrons. The third-order valence-electron chi connectivity index (χ3n) is 5.33. The van der Waals surface area contributed by atoms with E-state index in [4.69, 9.17) is 11.6 Å². The maximum Gasteiger partial charge on any atom is 0.230 e. The lowest BCUT2D eigenvalue weighted by Gasteiger charge is -2.32. The smallest absolute Gasteiger partial charge is 0.230 e. The zero-order chi connectivity index (χ0) is 21.8. The van der Waals surface area contributed by atoms with Crippen LogP contribution in [0.15, 0.2) is 47.8 Å². The number of halogens is 1. The molecule has 1 saturated heterocycles. The standard InChI is InChI=1S/C23H25ClN4O2S/c1-27-8-10-28(11-9-27)14-16-2-4-17(5-3-16)23-25-19(15-31-23)13-22(30)26-20-12-18(24)6-7-21(20)29/h2-7,12,15,29H,8-11,13-14H2,1H3,(H,26,30). The quantitative estimate of drug-likeness (QED) is 0.546. The zero-order valence-corrected chi connectivity index (χ0v) is 18.9. The zero-order valence-electron chi connectivity index (χ0n) is 17.3. The SMILES string of the molecule is CN1CCN(Cc2ccc(-c3nc(CC(=O)Nc4cc(Cl)ccc4O)cs3)cc2)CC1. The molecule has 162 valence electrons. The summed E-state index contributed by atoms with van der Waals surface area (Å²) in [5, 5.41) is 15.8. The number of rotatable bonds is 6. The van der Waals surface area contributed by atoms with Gasteiger partial charge in [-0.05, 0) is 30.8 Å². The van der Waals surface area contributed by atoms with Crippen molar-refractivity contribution in [1.29, 1.82) is 0 Å². The van der Waals surface area contributed by atoms with Gasteiger partial charge in [-0.25, -0.2) is 4.98 Å². The highest BCUT2D eigenvalue weighted by Gasteiger charge is 2.15. The van der Waals surface area contributed by atoms with Gasteiger partial charge < -0.3 is 15.3 Å². The van der Waals surface area contributed by atoms with Gasteiger partial charge in [0.05, 0.1) is 17.8 Å². The summed E-state index contributed by atoms with van der Waals surface area (Å²) in [6.45, 7) is 5.40. The first-order chi connectivity index (χ1) is 15.0. The summed E-state index contributed by atoms with van der Waals surface area (Å²) in [4.78, 5) is 21.8. The Hall–Kier alpha value is -2.45. The van der Waals surface area contributed by atoms with E-state index < -0.39 is 0 Å². The normalized spacial score (nSPS) is 15.2. The van der Waals surface area contributed by atoms with Gasteiger partial charge in [0.15, 0.2) is 0 Å². The van der Waals surface area contributed by atoms with Crippen molar-refractivity contribution < 1.29 is 9.90 Å². The van der Waals surface area contributed by atoms with Crippen LogP contribution in [0.2, 0.25) is 5.02 Å². The molecule has 4 rings (SSSR count). The second-order valence-electron chi connectivity index (χ2n) is 7.81. The first-order valence-corrected chi connectivity index (χ1v) is 11.4. The number of likely N-dealkylation sites (N-methyl/N-ethyl adjacent to an activating group) is 1. The minimum Gasteiger partial charge on any atom is -0.506 e. The second kappa shape index (κ2) is 9.78. The fourth-order valence-corrected chi connectivity index (χ4v) is 4.50. The Bertz CT molecular complexity index is 1050. The lowest BCUT2D eigenvalue weighted by molar-refractivity contribution is -0.115. The van der Waals surface area contributed by atoms with Crippen molar-refractivity contribution in [2.45, 2.75) is 13.0 Å². The summed E-state index contributed by atoms with van der Waals surface area (Å²) >= 11 is 7.45. The topological polar surface area (TPSA) is 68.7 Å². The molecule has 1 aliphatic heterocycles. The molecule has 0 saturated carbocycles. The van der Waals surface area contributed by atoms with Gasteiger partial charge in [-0.2, -0.15) is 0 Å². The number of carbonyl (C=O) groups excluding carboxylic acids is 1. The molecule has 1 aromatic heterocycles. The van der Waals surface area contributed by atoms with Crippen LogP contribution in [0.1, 0.15) is 11.3 Å². The number of phenolic OH excluding ortho intramolecular Hbond substituents is 1. The highest BCUT2D eigenvalue weighted by molar-refractivity contribution is 7.13.